The van der Waals surface area contributed by atoms with E-state index in [0.717, 1.165) is 0 Å². The van der Waals surface area contributed by atoms with Crippen molar-refractivity contribution in [1.29, 1.82) is 0 Å². The predicted molar refractivity (Wildman–Crippen MR) is 78.9 cm³/mol. The second-order valence-corrected chi connectivity index (χ2v) is 6.25. The summed E-state index contributed by atoms with van der Waals surface area (Å²) in [7, 11) is -2.25. The first kappa shape index (κ1) is 15.4. The number of hydrogen-bond donors (Lipinski definition) is 2. The molecule has 0 atom stereocenters. The average molecular weight is 329 g/mol. The van der Waals surface area contributed by atoms with Crippen LogP contribution < -0.4 is 10.0 Å². The van der Waals surface area contributed by atoms with Gasteiger partial charge in [0.25, 0.3) is 16.0 Å². The van der Waals surface area contributed by atoms with Crippen LogP contribution in [0.5, 0.6) is 0 Å². The fourth-order valence-corrected chi connectivity index (χ4v) is 2.67. The molecule has 2 aromatic heterocycles. The van der Waals surface area contributed by atoms with Gasteiger partial charge in [0.15, 0.2) is 0 Å². The fraction of sp³-hybridized carbons (Fsp3) is 0.273. The molecule has 0 aliphatic carbocycles. The first-order chi connectivity index (χ1) is 9.83. The number of halogens is 1. The van der Waals surface area contributed by atoms with Crippen LogP contribution in [0.25, 0.3) is 0 Å². The second-order valence-electron chi connectivity index (χ2n) is 4.16. The molecule has 2 N–H and O–H groups in total. The van der Waals surface area contributed by atoms with Gasteiger partial charge in [-0.15, -0.1) is 5.10 Å². The number of sulfonamides is 1. The van der Waals surface area contributed by atoms with E-state index >= 15 is 0 Å². The largest absolute Gasteiger partial charge is 0.372 e. The lowest BCUT2D eigenvalue weighted by molar-refractivity contribution is 0.600. The highest BCUT2D eigenvalue weighted by Crippen LogP contribution is 2.22. The van der Waals surface area contributed by atoms with Crippen LogP contribution in [0.1, 0.15) is 11.4 Å². The molecule has 112 valence electrons. The zero-order valence-corrected chi connectivity index (χ0v) is 13.1. The van der Waals surface area contributed by atoms with Gasteiger partial charge in [0.1, 0.15) is 10.7 Å². The first-order valence-electron chi connectivity index (χ1n) is 5.87. The number of aromatic nitrogens is 4. The number of rotatable bonds is 4. The number of aryl methyl sites for hydroxylation is 2. The van der Waals surface area contributed by atoms with Crippen LogP contribution in [-0.2, 0) is 10.0 Å². The average Bonchev–Trinajstić information content (AvgIpc) is 2.42. The van der Waals surface area contributed by atoms with Gasteiger partial charge in [-0.25, -0.2) is 23.1 Å². The molecule has 2 heterocycles. The highest BCUT2D eigenvalue weighted by atomic mass is 35.5. The molecule has 21 heavy (non-hydrogen) atoms. The van der Waals surface area contributed by atoms with E-state index in [2.05, 4.69) is 30.2 Å². The first-order valence-corrected chi connectivity index (χ1v) is 7.73. The Kier molecular flexibility index (Phi) is 4.24. The molecule has 0 saturated heterocycles. The third-order valence-corrected chi connectivity index (χ3v) is 4.26. The summed E-state index contributed by atoms with van der Waals surface area (Å²) in [6.07, 6.45) is 1.19. The minimum atomic E-state index is -3.88. The predicted octanol–water partition coefficient (Wildman–Crippen LogP) is 1.38. The topological polar surface area (TPSA) is 110 Å². The second kappa shape index (κ2) is 5.78. The van der Waals surface area contributed by atoms with Crippen molar-refractivity contribution >= 4 is 33.4 Å². The van der Waals surface area contributed by atoms with Crippen LogP contribution in [0, 0.1) is 13.8 Å². The zero-order chi connectivity index (χ0) is 15.6. The van der Waals surface area contributed by atoms with Crippen molar-refractivity contribution in [2.75, 3.05) is 17.1 Å². The minimum absolute atomic E-state index is 0.0895. The lowest BCUT2D eigenvalue weighted by Crippen LogP contribution is -2.16. The van der Waals surface area contributed by atoms with Gasteiger partial charge in [0, 0.05) is 13.2 Å². The smallest absolute Gasteiger partial charge is 0.265 e. The van der Waals surface area contributed by atoms with Crippen molar-refractivity contribution in [3.8, 4) is 0 Å². The van der Waals surface area contributed by atoms with Crippen LogP contribution in [0.3, 0.4) is 0 Å². The molecule has 0 unspecified atom stereocenters. The van der Waals surface area contributed by atoms with Gasteiger partial charge in [-0.2, -0.15) is 5.10 Å². The third kappa shape index (κ3) is 3.37. The lowest BCUT2D eigenvalue weighted by Gasteiger charge is -2.08. The SMILES string of the molecule is CNc1ncc(S(=O)(=O)Nc2nnc(C)c(C)n2)cc1Cl. The Bertz CT molecular complexity index is 780. The van der Waals surface area contributed by atoms with Gasteiger partial charge in [0.05, 0.1) is 16.4 Å². The van der Waals surface area contributed by atoms with E-state index in [1.54, 1.807) is 20.9 Å². The molecule has 10 heteroatoms. The van der Waals surface area contributed by atoms with Crippen molar-refractivity contribution in [2.24, 2.45) is 0 Å². The van der Waals surface area contributed by atoms with Crippen molar-refractivity contribution in [3.63, 3.8) is 0 Å². The maximum Gasteiger partial charge on any atom is 0.265 e. The molecule has 2 rings (SSSR count). The molecule has 8 nitrogen and oxygen atoms in total. The molecule has 2 aromatic rings. The van der Waals surface area contributed by atoms with Crippen LogP contribution in [0.4, 0.5) is 11.8 Å². The van der Waals surface area contributed by atoms with Gasteiger partial charge >= 0.3 is 0 Å². The Balaban J connectivity index is 2.33. The Labute approximate surface area is 127 Å². The Morgan fingerprint density at radius 2 is 1.90 bits per heavy atom. The van der Waals surface area contributed by atoms with E-state index in [9.17, 15) is 8.42 Å². The number of nitrogens with one attached hydrogen (secondary N) is 2. The highest BCUT2D eigenvalue weighted by Gasteiger charge is 2.18. The molecule has 0 fully saturated rings. The van der Waals surface area contributed by atoms with Crippen LogP contribution in [0.15, 0.2) is 17.2 Å². The summed E-state index contributed by atoms with van der Waals surface area (Å²) >= 11 is 5.92. The van der Waals surface area contributed by atoms with Crippen LogP contribution in [-0.4, -0.2) is 35.6 Å². The van der Waals surface area contributed by atoms with Crippen LogP contribution >= 0.6 is 11.6 Å². The summed E-state index contributed by atoms with van der Waals surface area (Å²) in [5, 5.41) is 10.4. The molecule has 0 radical (unpaired) electrons. The van der Waals surface area contributed by atoms with E-state index < -0.39 is 10.0 Å². The lowest BCUT2D eigenvalue weighted by atomic mass is 10.4. The maximum atomic E-state index is 12.2. The Morgan fingerprint density at radius 1 is 1.19 bits per heavy atom. The maximum absolute atomic E-state index is 12.2. The Morgan fingerprint density at radius 3 is 2.48 bits per heavy atom. The number of nitrogens with zero attached hydrogens (tertiary/aromatic N) is 4. The van der Waals surface area contributed by atoms with Gasteiger partial charge in [-0.1, -0.05) is 11.6 Å². The van der Waals surface area contributed by atoms with Gasteiger partial charge < -0.3 is 5.32 Å². The number of hydrogen-bond acceptors (Lipinski definition) is 7. The number of pyridine rings is 1. The summed E-state index contributed by atoms with van der Waals surface area (Å²) < 4.78 is 26.7. The van der Waals surface area contributed by atoms with E-state index in [4.69, 9.17) is 11.6 Å². The van der Waals surface area contributed by atoms with Crippen molar-refractivity contribution in [3.05, 3.63) is 28.7 Å². The van der Waals surface area contributed by atoms with E-state index in [1.807, 2.05) is 0 Å². The molecule has 0 saturated carbocycles. The van der Waals surface area contributed by atoms with Crippen LogP contribution in [0.2, 0.25) is 5.02 Å². The molecule has 0 bridgehead atoms. The molecular formula is C11H13ClN6O2S. The summed E-state index contributed by atoms with van der Waals surface area (Å²) in [6.45, 7) is 3.44. The minimum Gasteiger partial charge on any atom is -0.372 e. The normalized spacial score (nSPS) is 11.2. The molecule has 0 aromatic carbocycles. The molecule has 0 spiro atoms. The van der Waals surface area contributed by atoms with Gasteiger partial charge in [-0.3, -0.25) is 0 Å². The van der Waals surface area contributed by atoms with E-state index in [-0.39, 0.29) is 15.9 Å². The quantitative estimate of drug-likeness (QED) is 0.872. The summed E-state index contributed by atoms with van der Waals surface area (Å²) in [5.41, 5.74) is 1.21. The summed E-state index contributed by atoms with van der Waals surface area (Å²) in [4.78, 5) is 7.84. The Hall–Kier alpha value is -2.00. The van der Waals surface area contributed by atoms with Crippen molar-refractivity contribution in [1.82, 2.24) is 20.2 Å². The zero-order valence-electron chi connectivity index (χ0n) is 11.5. The summed E-state index contributed by atoms with van der Waals surface area (Å²) in [5.74, 6) is 0.284. The highest BCUT2D eigenvalue weighted by molar-refractivity contribution is 7.92. The van der Waals surface area contributed by atoms with E-state index in [1.165, 1.54) is 12.3 Å². The third-order valence-electron chi connectivity index (χ3n) is 2.68. The monoisotopic (exact) mass is 328 g/mol. The molecular weight excluding hydrogens is 316 g/mol. The van der Waals surface area contributed by atoms with Gasteiger partial charge in [0.2, 0.25) is 0 Å². The van der Waals surface area contributed by atoms with Crippen molar-refractivity contribution < 1.29 is 8.42 Å². The molecule has 0 aliphatic rings. The van der Waals surface area contributed by atoms with Crippen molar-refractivity contribution in [2.45, 2.75) is 18.7 Å². The fourth-order valence-electron chi connectivity index (χ4n) is 1.43. The number of anilines is 2. The summed E-state index contributed by atoms with van der Waals surface area (Å²) in [6, 6.07) is 1.29. The van der Waals surface area contributed by atoms with Gasteiger partial charge in [-0.05, 0) is 19.9 Å². The standard InChI is InChI=1S/C11H13ClN6O2S/c1-6-7(2)16-17-11(15-6)18-21(19,20)8-4-9(12)10(13-3)14-5-8/h4-5H,1-3H3,(H,13,14)(H,15,17,18). The molecule has 0 amide bonds. The van der Waals surface area contributed by atoms with E-state index in [0.29, 0.717) is 17.2 Å². The molecule has 0 aliphatic heterocycles.